The van der Waals surface area contributed by atoms with Gasteiger partial charge in [-0.3, -0.25) is 0 Å². The smallest absolute Gasteiger partial charge is 0.198 e. The van der Waals surface area contributed by atoms with E-state index >= 15 is 0 Å². The fourth-order valence-electron chi connectivity index (χ4n) is 0.732. The van der Waals surface area contributed by atoms with Gasteiger partial charge in [-0.05, 0) is 6.42 Å². The highest BCUT2D eigenvalue weighted by Crippen LogP contribution is 2.06. The van der Waals surface area contributed by atoms with Crippen LogP contribution in [0.3, 0.4) is 0 Å². The average molecular weight is 151 g/mol. The summed E-state index contributed by atoms with van der Waals surface area (Å²) < 4.78 is 25.7. The molecule has 1 aliphatic rings. The predicted octanol–water partition coefficient (Wildman–Crippen LogP) is -0.417. The Balaban J connectivity index is 2.62. The molecule has 1 saturated heterocycles. The zero-order valence-electron chi connectivity index (χ0n) is 5.20. The Bertz CT molecular complexity index is 186. The monoisotopic (exact) mass is 151 g/mol. The van der Waals surface area contributed by atoms with Crippen LogP contribution >= 0.6 is 0 Å². The van der Waals surface area contributed by atoms with E-state index in [1.165, 1.54) is 5.06 Å². The van der Waals surface area contributed by atoms with E-state index < -0.39 is 10.1 Å². The third kappa shape index (κ3) is 1.92. The molecular formula is C4H9NO3S. The molecule has 0 aromatic rings. The van der Waals surface area contributed by atoms with E-state index in [1.54, 1.807) is 7.05 Å². The predicted molar refractivity (Wildman–Crippen MR) is 32.1 cm³/mol. The first kappa shape index (κ1) is 6.98. The third-order valence-electron chi connectivity index (χ3n) is 1.11. The van der Waals surface area contributed by atoms with Gasteiger partial charge in [-0.25, -0.2) is 0 Å². The quantitative estimate of drug-likeness (QED) is 0.472. The van der Waals surface area contributed by atoms with Gasteiger partial charge < -0.3 is 0 Å². The minimum Gasteiger partial charge on any atom is -0.198 e. The van der Waals surface area contributed by atoms with E-state index in [4.69, 9.17) is 0 Å². The molecule has 1 aliphatic heterocycles. The van der Waals surface area contributed by atoms with Crippen LogP contribution in [0.5, 0.6) is 0 Å². The van der Waals surface area contributed by atoms with E-state index in [0.717, 1.165) is 0 Å². The number of nitrogens with zero attached hydrogens (tertiary/aromatic N) is 1. The summed E-state index contributed by atoms with van der Waals surface area (Å²) in [7, 11) is -1.60. The fourth-order valence-corrected chi connectivity index (χ4v) is 1.75. The maximum Gasteiger partial charge on any atom is 0.283 e. The molecule has 0 unspecified atom stereocenters. The zero-order chi connectivity index (χ0) is 6.91. The van der Waals surface area contributed by atoms with Gasteiger partial charge in [-0.1, -0.05) is 0 Å². The van der Waals surface area contributed by atoms with Crippen LogP contribution in [0.1, 0.15) is 6.42 Å². The second kappa shape index (κ2) is 2.24. The van der Waals surface area contributed by atoms with Crippen molar-refractivity contribution in [2.75, 3.05) is 19.3 Å². The molecule has 4 nitrogen and oxygen atoms in total. The van der Waals surface area contributed by atoms with Crippen LogP contribution in [0.4, 0.5) is 0 Å². The molecule has 0 atom stereocenters. The normalized spacial score (nSPS) is 28.1. The molecule has 0 aromatic heterocycles. The molecular weight excluding hydrogens is 142 g/mol. The van der Waals surface area contributed by atoms with E-state index in [9.17, 15) is 8.42 Å². The Kier molecular flexibility index (Phi) is 1.74. The second-order valence-corrected chi connectivity index (χ2v) is 3.71. The number of rotatable bonds is 0. The van der Waals surface area contributed by atoms with Crippen LogP contribution in [0, 0.1) is 0 Å². The fraction of sp³-hybridized carbons (Fsp3) is 1.00. The van der Waals surface area contributed by atoms with Crippen molar-refractivity contribution in [3.8, 4) is 0 Å². The number of hydrogen-bond acceptors (Lipinski definition) is 4. The maximum absolute atomic E-state index is 10.6. The molecule has 0 saturated carbocycles. The highest BCUT2D eigenvalue weighted by Gasteiger charge is 2.19. The topological polar surface area (TPSA) is 46.6 Å². The third-order valence-corrected chi connectivity index (χ3v) is 2.38. The lowest BCUT2D eigenvalue weighted by Gasteiger charge is -2.20. The Hall–Kier alpha value is -0.130. The molecule has 0 spiro atoms. The summed E-state index contributed by atoms with van der Waals surface area (Å²) in [6, 6.07) is 0. The lowest BCUT2D eigenvalue weighted by Crippen LogP contribution is -2.32. The Morgan fingerprint density at radius 1 is 1.56 bits per heavy atom. The summed E-state index contributed by atoms with van der Waals surface area (Å²) in [5, 5.41) is 1.33. The van der Waals surface area contributed by atoms with Crippen molar-refractivity contribution >= 4 is 10.1 Å². The summed E-state index contributed by atoms with van der Waals surface area (Å²) in [6.45, 7) is 0.694. The van der Waals surface area contributed by atoms with E-state index in [2.05, 4.69) is 4.28 Å². The standard InChI is InChI=1S/C4H9NO3S/c1-5-3-2-4-9(6,7)8-5/h2-4H2,1H3. The summed E-state index contributed by atoms with van der Waals surface area (Å²) in [5.41, 5.74) is 0. The molecule has 0 aliphatic carbocycles. The van der Waals surface area contributed by atoms with Crippen molar-refractivity contribution in [2.24, 2.45) is 0 Å². The van der Waals surface area contributed by atoms with Gasteiger partial charge in [-0.2, -0.15) is 17.8 Å². The summed E-state index contributed by atoms with van der Waals surface area (Å²) in [5.74, 6) is 0.150. The van der Waals surface area contributed by atoms with Crippen molar-refractivity contribution in [1.29, 1.82) is 0 Å². The molecule has 0 bridgehead atoms. The van der Waals surface area contributed by atoms with Gasteiger partial charge in [-0.15, -0.1) is 0 Å². The van der Waals surface area contributed by atoms with Gasteiger partial charge in [0.05, 0.1) is 5.75 Å². The van der Waals surface area contributed by atoms with Crippen LogP contribution < -0.4 is 0 Å². The lowest BCUT2D eigenvalue weighted by atomic mass is 10.5. The molecule has 9 heavy (non-hydrogen) atoms. The largest absolute Gasteiger partial charge is 0.283 e. The van der Waals surface area contributed by atoms with Gasteiger partial charge in [0.2, 0.25) is 0 Å². The van der Waals surface area contributed by atoms with Crippen LogP contribution in [-0.2, 0) is 14.4 Å². The van der Waals surface area contributed by atoms with Gasteiger partial charge in [0.15, 0.2) is 0 Å². The SMILES string of the molecule is CN1CCCS(=O)(=O)O1. The highest BCUT2D eigenvalue weighted by molar-refractivity contribution is 7.86. The molecule has 1 heterocycles. The van der Waals surface area contributed by atoms with Gasteiger partial charge >= 0.3 is 0 Å². The van der Waals surface area contributed by atoms with Crippen molar-refractivity contribution in [3.05, 3.63) is 0 Å². The van der Waals surface area contributed by atoms with Crippen LogP contribution in [0.2, 0.25) is 0 Å². The highest BCUT2D eigenvalue weighted by atomic mass is 32.2. The minimum atomic E-state index is -3.21. The molecule has 0 aromatic carbocycles. The summed E-state index contributed by atoms with van der Waals surface area (Å²) in [4.78, 5) is 0. The number of hydrogen-bond donors (Lipinski definition) is 0. The maximum atomic E-state index is 10.6. The van der Waals surface area contributed by atoms with E-state index in [1.807, 2.05) is 0 Å². The van der Waals surface area contributed by atoms with E-state index in [-0.39, 0.29) is 5.75 Å². The summed E-state index contributed by atoms with van der Waals surface area (Å²) >= 11 is 0. The molecule has 0 amide bonds. The van der Waals surface area contributed by atoms with Gasteiger partial charge in [0.25, 0.3) is 10.1 Å². The van der Waals surface area contributed by atoms with Gasteiger partial charge in [0, 0.05) is 13.6 Å². The zero-order valence-corrected chi connectivity index (χ0v) is 6.02. The first-order valence-corrected chi connectivity index (χ1v) is 4.31. The van der Waals surface area contributed by atoms with Crippen LogP contribution in [0.25, 0.3) is 0 Å². The van der Waals surface area contributed by atoms with Crippen molar-refractivity contribution < 1.29 is 12.7 Å². The molecule has 0 radical (unpaired) electrons. The first-order chi connectivity index (χ1) is 4.10. The molecule has 1 fully saturated rings. The van der Waals surface area contributed by atoms with Crippen LogP contribution in [-0.4, -0.2) is 32.8 Å². The minimum absolute atomic E-state index is 0.150. The summed E-state index contributed by atoms with van der Waals surface area (Å²) in [6.07, 6.45) is 0.666. The molecule has 54 valence electrons. The first-order valence-electron chi connectivity index (χ1n) is 2.73. The van der Waals surface area contributed by atoms with Crippen molar-refractivity contribution in [2.45, 2.75) is 6.42 Å². The van der Waals surface area contributed by atoms with Gasteiger partial charge in [0.1, 0.15) is 0 Å². The number of hydroxylamine groups is 2. The van der Waals surface area contributed by atoms with E-state index in [0.29, 0.717) is 13.0 Å². The Morgan fingerprint density at radius 2 is 2.22 bits per heavy atom. The molecule has 5 heteroatoms. The average Bonchev–Trinajstić information content (AvgIpc) is 1.60. The van der Waals surface area contributed by atoms with Crippen molar-refractivity contribution in [3.63, 3.8) is 0 Å². The molecule has 0 N–H and O–H groups in total. The lowest BCUT2D eigenvalue weighted by molar-refractivity contribution is -0.0333. The van der Waals surface area contributed by atoms with Crippen LogP contribution in [0.15, 0.2) is 0 Å². The molecule has 1 rings (SSSR count). The van der Waals surface area contributed by atoms with Crippen molar-refractivity contribution in [1.82, 2.24) is 5.06 Å². The Morgan fingerprint density at radius 3 is 2.56 bits per heavy atom. The second-order valence-electron chi connectivity index (χ2n) is 2.04. The Labute approximate surface area is 54.5 Å².